The number of nitrogens with one attached hydrogen (secondary N) is 3. The highest BCUT2D eigenvalue weighted by molar-refractivity contribution is 5.93. The van der Waals surface area contributed by atoms with E-state index in [4.69, 9.17) is 9.47 Å². The van der Waals surface area contributed by atoms with Crippen molar-refractivity contribution in [3.8, 4) is 11.5 Å². The van der Waals surface area contributed by atoms with Gasteiger partial charge in [-0.3, -0.25) is 4.79 Å². The average Bonchev–Trinajstić information content (AvgIpc) is 2.76. The first-order valence-electron chi connectivity index (χ1n) is 10.8. The van der Waals surface area contributed by atoms with Gasteiger partial charge >= 0.3 is 0 Å². The van der Waals surface area contributed by atoms with Crippen LogP contribution in [-0.4, -0.2) is 52.9 Å². The first-order valence-corrected chi connectivity index (χ1v) is 10.8. The van der Waals surface area contributed by atoms with Crippen LogP contribution in [0.4, 0.5) is 5.69 Å². The van der Waals surface area contributed by atoms with Crippen molar-refractivity contribution < 1.29 is 24.1 Å². The zero-order valence-corrected chi connectivity index (χ0v) is 18.6. The van der Waals surface area contributed by atoms with Gasteiger partial charge in [0.25, 0.3) is 5.91 Å². The Bertz CT molecular complexity index is 861. The number of carbonyl (C=O) groups is 1. The normalized spacial score (nSPS) is 18.7. The summed E-state index contributed by atoms with van der Waals surface area (Å²) in [5.74, 6) is 1.65. The van der Waals surface area contributed by atoms with Gasteiger partial charge in [0.2, 0.25) is 0 Å². The van der Waals surface area contributed by atoms with Gasteiger partial charge in [0.1, 0.15) is 32.7 Å². The van der Waals surface area contributed by atoms with E-state index in [1.807, 2.05) is 6.07 Å². The molecule has 0 spiro atoms. The highest BCUT2D eigenvalue weighted by Crippen LogP contribution is 2.27. The van der Waals surface area contributed by atoms with E-state index in [2.05, 4.69) is 49.5 Å². The van der Waals surface area contributed by atoms with E-state index >= 15 is 0 Å². The van der Waals surface area contributed by atoms with E-state index in [-0.39, 0.29) is 5.91 Å². The third-order valence-electron chi connectivity index (χ3n) is 5.98. The first-order chi connectivity index (χ1) is 14.5. The van der Waals surface area contributed by atoms with Crippen LogP contribution in [0, 0.1) is 6.92 Å². The van der Waals surface area contributed by atoms with E-state index in [0.29, 0.717) is 6.54 Å². The molecule has 1 heterocycles. The number of ether oxygens (including phenoxy) is 2. The molecule has 0 unspecified atom stereocenters. The Balaban J connectivity index is 1.49. The molecule has 6 heteroatoms. The number of rotatable bonds is 8. The molecule has 1 aliphatic rings. The summed E-state index contributed by atoms with van der Waals surface area (Å²) in [5.41, 5.74) is 4.56. The van der Waals surface area contributed by atoms with Crippen LogP contribution in [0.15, 0.2) is 36.4 Å². The maximum absolute atomic E-state index is 12.6. The summed E-state index contributed by atoms with van der Waals surface area (Å²) < 4.78 is 10.7. The molecule has 1 aliphatic heterocycles. The molecule has 162 valence electrons. The Morgan fingerprint density at radius 2 is 1.70 bits per heavy atom. The van der Waals surface area contributed by atoms with Gasteiger partial charge in [-0.25, -0.2) is 0 Å². The molecule has 0 aliphatic carbocycles. The third-order valence-corrected chi connectivity index (χ3v) is 5.98. The van der Waals surface area contributed by atoms with Crippen molar-refractivity contribution in [1.82, 2.24) is 0 Å². The lowest BCUT2D eigenvalue weighted by Gasteiger charge is -2.29. The minimum Gasteiger partial charge on any atom is -0.493 e. The van der Waals surface area contributed by atoms with E-state index < -0.39 is 0 Å². The Labute approximate surface area is 179 Å². The Kier molecular flexibility index (Phi) is 7.71. The van der Waals surface area contributed by atoms with Crippen LogP contribution < -0.4 is 24.6 Å². The molecule has 1 amide bonds. The van der Waals surface area contributed by atoms with Crippen molar-refractivity contribution in [2.45, 2.75) is 26.8 Å². The lowest BCUT2D eigenvalue weighted by atomic mass is 10.1. The highest BCUT2D eigenvalue weighted by Gasteiger charge is 2.25. The number of quaternary nitrogens is 2. The van der Waals surface area contributed by atoms with E-state index in [1.54, 1.807) is 19.1 Å². The van der Waals surface area contributed by atoms with Crippen LogP contribution in [0.1, 0.15) is 23.6 Å². The molecule has 0 saturated carbocycles. The maximum Gasteiger partial charge on any atom is 0.279 e. The largest absolute Gasteiger partial charge is 0.493 e. The molecule has 30 heavy (non-hydrogen) atoms. The number of piperazine rings is 1. The fourth-order valence-electron chi connectivity index (χ4n) is 4.20. The van der Waals surface area contributed by atoms with Gasteiger partial charge in [-0.2, -0.15) is 0 Å². The molecule has 3 N–H and O–H groups in total. The number of hydrogen-bond donors (Lipinski definition) is 3. The quantitative estimate of drug-likeness (QED) is 0.591. The molecule has 0 radical (unpaired) electrons. The summed E-state index contributed by atoms with van der Waals surface area (Å²) in [5, 5.41) is 3.16. The number of benzene rings is 2. The standard InChI is InChI=1S/C24H33N3O3/c1-5-20-8-6-7-18(2)24(20)25-23(28)17-27-13-11-26(12-14-27)16-19-9-10-21(29-3)22(15-19)30-4/h6-10,15H,5,11-14,16-17H2,1-4H3,(H,25,28)/p+2. The smallest absolute Gasteiger partial charge is 0.279 e. The molecule has 1 fully saturated rings. The zero-order valence-electron chi connectivity index (χ0n) is 18.6. The Hall–Kier alpha value is -2.57. The SMILES string of the molecule is CCc1cccc(C)c1NC(=O)C[NH+]1CC[NH+](Cc2ccc(OC)c(OC)c2)CC1. The third kappa shape index (κ3) is 5.52. The van der Waals surface area contributed by atoms with Crippen molar-refractivity contribution in [1.29, 1.82) is 0 Å². The van der Waals surface area contributed by atoms with Gasteiger partial charge in [0.15, 0.2) is 18.0 Å². The molecule has 1 saturated heterocycles. The minimum atomic E-state index is 0.109. The summed E-state index contributed by atoms with van der Waals surface area (Å²) in [4.78, 5) is 15.5. The van der Waals surface area contributed by atoms with Crippen molar-refractivity contribution in [3.05, 3.63) is 53.1 Å². The maximum atomic E-state index is 12.6. The summed E-state index contributed by atoms with van der Waals surface area (Å²) in [6.07, 6.45) is 0.919. The van der Waals surface area contributed by atoms with Gasteiger partial charge in [0.05, 0.1) is 14.2 Å². The second-order valence-corrected chi connectivity index (χ2v) is 8.05. The fourth-order valence-corrected chi connectivity index (χ4v) is 4.20. The summed E-state index contributed by atoms with van der Waals surface area (Å²) in [6, 6.07) is 12.3. The highest BCUT2D eigenvalue weighted by atomic mass is 16.5. The Morgan fingerprint density at radius 1 is 1.00 bits per heavy atom. The molecule has 0 aromatic heterocycles. The molecular formula is C24H35N3O3+2. The number of carbonyl (C=O) groups excluding carboxylic acids is 1. The van der Waals surface area contributed by atoms with Gasteiger partial charge < -0.3 is 24.6 Å². The minimum absolute atomic E-state index is 0.109. The lowest BCUT2D eigenvalue weighted by molar-refractivity contribution is -1.02. The van der Waals surface area contributed by atoms with Crippen molar-refractivity contribution in [2.24, 2.45) is 0 Å². The monoisotopic (exact) mass is 413 g/mol. The van der Waals surface area contributed by atoms with Gasteiger partial charge in [-0.05, 0) is 42.7 Å². The summed E-state index contributed by atoms with van der Waals surface area (Å²) in [7, 11) is 3.32. The second-order valence-electron chi connectivity index (χ2n) is 8.05. The van der Waals surface area contributed by atoms with Crippen molar-refractivity contribution in [2.75, 3.05) is 52.3 Å². The van der Waals surface area contributed by atoms with Crippen molar-refractivity contribution >= 4 is 11.6 Å². The molecular weight excluding hydrogens is 378 g/mol. The van der Waals surface area contributed by atoms with E-state index in [1.165, 1.54) is 16.0 Å². The Morgan fingerprint density at radius 3 is 2.37 bits per heavy atom. The van der Waals surface area contributed by atoms with Crippen molar-refractivity contribution in [3.63, 3.8) is 0 Å². The number of anilines is 1. The van der Waals surface area contributed by atoms with E-state index in [9.17, 15) is 4.79 Å². The van der Waals surface area contributed by atoms with Crippen LogP contribution in [0.5, 0.6) is 11.5 Å². The van der Waals surface area contributed by atoms with Crippen LogP contribution >= 0.6 is 0 Å². The van der Waals surface area contributed by atoms with Gasteiger partial charge in [-0.15, -0.1) is 0 Å². The average molecular weight is 414 g/mol. The zero-order chi connectivity index (χ0) is 21.5. The molecule has 3 rings (SSSR count). The molecule has 0 atom stereocenters. The first kappa shape index (κ1) is 22.1. The van der Waals surface area contributed by atoms with Crippen LogP contribution in [0.2, 0.25) is 0 Å². The number of aryl methyl sites for hydroxylation is 2. The fraction of sp³-hybridized carbons (Fsp3) is 0.458. The molecule has 0 bridgehead atoms. The molecule has 2 aromatic carbocycles. The number of para-hydroxylation sites is 1. The van der Waals surface area contributed by atoms with Gasteiger partial charge in [-0.1, -0.05) is 25.1 Å². The van der Waals surface area contributed by atoms with E-state index in [0.717, 1.165) is 61.9 Å². The van der Waals surface area contributed by atoms with Crippen LogP contribution in [0.25, 0.3) is 0 Å². The predicted molar refractivity (Wildman–Crippen MR) is 119 cm³/mol. The van der Waals surface area contributed by atoms with Gasteiger partial charge in [0, 0.05) is 11.3 Å². The topological polar surface area (TPSA) is 56.4 Å². The summed E-state index contributed by atoms with van der Waals surface area (Å²) >= 11 is 0. The number of hydrogen-bond acceptors (Lipinski definition) is 3. The predicted octanol–water partition coefficient (Wildman–Crippen LogP) is 0.497. The lowest BCUT2D eigenvalue weighted by Crippen LogP contribution is -3.28. The molecule has 2 aromatic rings. The second kappa shape index (κ2) is 10.5. The number of amides is 1. The van der Waals surface area contributed by atoms with Crippen LogP contribution in [-0.2, 0) is 17.8 Å². The summed E-state index contributed by atoms with van der Waals surface area (Å²) in [6.45, 7) is 9.79. The number of methoxy groups -OCH3 is 2. The van der Waals surface area contributed by atoms with Crippen LogP contribution in [0.3, 0.4) is 0 Å². The molecule has 6 nitrogen and oxygen atoms in total.